The van der Waals surface area contributed by atoms with Crippen molar-refractivity contribution in [3.05, 3.63) is 23.8 Å². The van der Waals surface area contributed by atoms with E-state index in [4.69, 9.17) is 4.74 Å². The third-order valence-electron chi connectivity index (χ3n) is 5.73. The summed E-state index contributed by atoms with van der Waals surface area (Å²) in [6, 6.07) is 4.40. The minimum Gasteiger partial charge on any atom is -0.488 e. The van der Waals surface area contributed by atoms with Gasteiger partial charge in [-0.15, -0.1) is 0 Å². The molecular weight excluding hydrogens is 406 g/mol. The number of anilines is 1. The maximum Gasteiger partial charge on any atom is 0.258 e. The van der Waals surface area contributed by atoms with Crippen molar-refractivity contribution in [2.45, 2.75) is 38.8 Å². The van der Waals surface area contributed by atoms with Gasteiger partial charge in [0.1, 0.15) is 11.9 Å². The van der Waals surface area contributed by atoms with Crippen molar-refractivity contribution < 1.29 is 23.1 Å². The number of fused-ring (bicyclic) bond motifs is 1. The van der Waals surface area contributed by atoms with Crippen LogP contribution in [0.2, 0.25) is 0 Å². The summed E-state index contributed by atoms with van der Waals surface area (Å²) in [5.74, 6) is 0.987. The molecule has 3 atom stereocenters. The van der Waals surface area contributed by atoms with Crippen LogP contribution in [0.4, 0.5) is 5.69 Å². The fraction of sp³-hybridized carbons (Fsp3) is 0.667. The average molecular weight is 440 g/mol. The highest BCUT2D eigenvalue weighted by molar-refractivity contribution is 7.92. The molecule has 2 N–H and O–H groups in total. The number of amides is 1. The van der Waals surface area contributed by atoms with Crippen LogP contribution in [-0.4, -0.2) is 80.9 Å². The van der Waals surface area contributed by atoms with Crippen LogP contribution in [0.15, 0.2) is 18.2 Å². The van der Waals surface area contributed by atoms with E-state index in [0.29, 0.717) is 23.5 Å². The number of hydrogen-bond acceptors (Lipinski definition) is 6. The zero-order valence-electron chi connectivity index (χ0n) is 18.2. The standard InChI is InChI=1S/C21H33N3O5S/c1-14-10-24(15(2)13-25)21(26)18-9-17(22-30(4,27)28)7-8-19(18)29-20(14)12-23(3)11-16-5-6-16/h7-9,14-16,20,22,25H,5-6,10-13H2,1-4H3/t14-,15+,20-/m0/s1. The molecule has 3 rings (SSSR count). The molecular formula is C21H33N3O5S. The van der Waals surface area contributed by atoms with Crippen molar-refractivity contribution in [2.24, 2.45) is 11.8 Å². The number of carbonyl (C=O) groups is 1. The Morgan fingerprint density at radius 2 is 2.03 bits per heavy atom. The van der Waals surface area contributed by atoms with E-state index in [0.717, 1.165) is 25.3 Å². The van der Waals surface area contributed by atoms with Crippen LogP contribution < -0.4 is 9.46 Å². The highest BCUT2D eigenvalue weighted by atomic mass is 32.2. The molecule has 0 bridgehead atoms. The summed E-state index contributed by atoms with van der Waals surface area (Å²) in [4.78, 5) is 17.2. The molecule has 9 heteroatoms. The summed E-state index contributed by atoms with van der Waals surface area (Å²) >= 11 is 0. The van der Waals surface area contributed by atoms with Gasteiger partial charge in [0, 0.05) is 31.2 Å². The van der Waals surface area contributed by atoms with E-state index in [-0.39, 0.29) is 30.6 Å². The predicted octanol–water partition coefficient (Wildman–Crippen LogP) is 1.62. The van der Waals surface area contributed by atoms with Gasteiger partial charge in [-0.2, -0.15) is 0 Å². The molecule has 0 aromatic heterocycles. The van der Waals surface area contributed by atoms with E-state index in [1.54, 1.807) is 24.0 Å². The first-order valence-corrected chi connectivity index (χ1v) is 12.4. The zero-order valence-corrected chi connectivity index (χ0v) is 19.0. The second-order valence-electron chi connectivity index (χ2n) is 8.87. The predicted molar refractivity (Wildman–Crippen MR) is 116 cm³/mol. The minimum atomic E-state index is -3.48. The first kappa shape index (κ1) is 22.8. The van der Waals surface area contributed by atoms with E-state index in [1.165, 1.54) is 18.9 Å². The van der Waals surface area contributed by atoms with Gasteiger partial charge in [-0.25, -0.2) is 8.42 Å². The lowest BCUT2D eigenvalue weighted by Gasteiger charge is -2.38. The Balaban J connectivity index is 1.93. The fourth-order valence-electron chi connectivity index (χ4n) is 3.84. The number of rotatable bonds is 8. The number of carbonyl (C=O) groups excluding carboxylic acids is 1. The van der Waals surface area contributed by atoms with Crippen molar-refractivity contribution in [1.82, 2.24) is 9.80 Å². The molecule has 168 valence electrons. The van der Waals surface area contributed by atoms with Gasteiger partial charge in [0.25, 0.3) is 5.91 Å². The van der Waals surface area contributed by atoms with Crippen molar-refractivity contribution in [3.8, 4) is 5.75 Å². The molecule has 0 spiro atoms. The van der Waals surface area contributed by atoms with Crippen LogP contribution in [0.3, 0.4) is 0 Å². The molecule has 1 heterocycles. The smallest absolute Gasteiger partial charge is 0.258 e. The normalized spacial score (nSPS) is 23.4. The highest BCUT2D eigenvalue weighted by Crippen LogP contribution is 2.32. The molecule has 30 heavy (non-hydrogen) atoms. The Bertz CT molecular complexity index is 871. The van der Waals surface area contributed by atoms with Crippen molar-refractivity contribution in [1.29, 1.82) is 0 Å². The molecule has 1 amide bonds. The summed E-state index contributed by atoms with van der Waals surface area (Å²) in [5, 5.41) is 9.70. The van der Waals surface area contributed by atoms with Crippen molar-refractivity contribution in [2.75, 3.05) is 44.3 Å². The summed E-state index contributed by atoms with van der Waals surface area (Å²) in [6.45, 7) is 5.93. The van der Waals surface area contributed by atoms with Gasteiger partial charge in [0.15, 0.2) is 0 Å². The first-order valence-electron chi connectivity index (χ1n) is 10.5. The summed E-state index contributed by atoms with van der Waals surface area (Å²) in [5.41, 5.74) is 0.603. The Morgan fingerprint density at radius 3 is 2.63 bits per heavy atom. The molecule has 1 aliphatic carbocycles. The number of sulfonamides is 1. The largest absolute Gasteiger partial charge is 0.488 e. The highest BCUT2D eigenvalue weighted by Gasteiger charge is 2.34. The molecule has 1 aromatic rings. The Hall–Kier alpha value is -1.84. The lowest BCUT2D eigenvalue weighted by molar-refractivity contribution is 0.0344. The van der Waals surface area contributed by atoms with E-state index < -0.39 is 10.0 Å². The number of nitrogens with zero attached hydrogens (tertiary/aromatic N) is 2. The number of nitrogens with one attached hydrogen (secondary N) is 1. The molecule has 1 aliphatic heterocycles. The van der Waals surface area contributed by atoms with E-state index in [9.17, 15) is 18.3 Å². The number of hydrogen-bond donors (Lipinski definition) is 2. The van der Waals surface area contributed by atoms with E-state index >= 15 is 0 Å². The molecule has 1 aromatic carbocycles. The van der Waals surface area contributed by atoms with Gasteiger partial charge < -0.3 is 19.6 Å². The third-order valence-corrected chi connectivity index (χ3v) is 6.33. The van der Waals surface area contributed by atoms with E-state index in [2.05, 4.69) is 23.6 Å². The van der Waals surface area contributed by atoms with Gasteiger partial charge in [-0.1, -0.05) is 6.92 Å². The Morgan fingerprint density at radius 1 is 1.33 bits per heavy atom. The summed E-state index contributed by atoms with van der Waals surface area (Å²) < 4.78 is 32.0. The number of ether oxygens (including phenoxy) is 1. The van der Waals surface area contributed by atoms with E-state index in [1.807, 2.05) is 0 Å². The maximum absolute atomic E-state index is 13.3. The van der Waals surface area contributed by atoms with Crippen LogP contribution in [0.1, 0.15) is 37.0 Å². The minimum absolute atomic E-state index is 0.0616. The molecule has 1 saturated carbocycles. The van der Waals surface area contributed by atoms with Gasteiger partial charge in [0.2, 0.25) is 10.0 Å². The molecule has 0 radical (unpaired) electrons. The lowest BCUT2D eigenvalue weighted by Crippen LogP contribution is -2.50. The van der Waals surface area contributed by atoms with Crippen LogP contribution in [0.25, 0.3) is 0 Å². The maximum atomic E-state index is 13.3. The zero-order chi connectivity index (χ0) is 22.1. The van der Waals surface area contributed by atoms with Crippen LogP contribution in [-0.2, 0) is 10.0 Å². The number of likely N-dealkylation sites (N-methyl/N-ethyl adjacent to an activating group) is 1. The number of benzene rings is 1. The fourth-order valence-corrected chi connectivity index (χ4v) is 4.40. The van der Waals surface area contributed by atoms with Crippen molar-refractivity contribution >= 4 is 21.6 Å². The van der Waals surface area contributed by atoms with Crippen molar-refractivity contribution in [3.63, 3.8) is 0 Å². The molecule has 0 unspecified atom stereocenters. The van der Waals surface area contributed by atoms with Gasteiger partial charge >= 0.3 is 0 Å². The quantitative estimate of drug-likeness (QED) is 0.639. The molecule has 2 aliphatic rings. The second kappa shape index (κ2) is 9.11. The number of aliphatic hydroxyl groups is 1. The van der Waals surface area contributed by atoms with Gasteiger partial charge in [0.05, 0.1) is 24.5 Å². The van der Waals surface area contributed by atoms with Gasteiger partial charge in [-0.3, -0.25) is 9.52 Å². The summed E-state index contributed by atoms with van der Waals surface area (Å²) in [6.07, 6.45) is 3.49. The second-order valence-corrected chi connectivity index (χ2v) is 10.6. The van der Waals surface area contributed by atoms with Crippen LogP contribution in [0.5, 0.6) is 5.75 Å². The average Bonchev–Trinajstić information content (AvgIpc) is 3.47. The molecule has 8 nitrogen and oxygen atoms in total. The van der Waals surface area contributed by atoms with Gasteiger partial charge in [-0.05, 0) is 50.9 Å². The summed E-state index contributed by atoms with van der Waals surface area (Å²) in [7, 11) is -1.39. The Labute approximate surface area is 179 Å². The first-order chi connectivity index (χ1) is 14.1. The van der Waals surface area contributed by atoms with Crippen LogP contribution in [0, 0.1) is 11.8 Å². The molecule has 1 fully saturated rings. The monoisotopic (exact) mass is 439 g/mol. The topological polar surface area (TPSA) is 99.2 Å². The Kier molecular flexibility index (Phi) is 6.94. The number of aliphatic hydroxyl groups excluding tert-OH is 1. The molecule has 0 saturated heterocycles. The third kappa shape index (κ3) is 5.86. The van der Waals surface area contributed by atoms with Crippen LogP contribution >= 0.6 is 0 Å². The SMILES string of the molecule is C[C@H](CO)N1C[C@H](C)[C@H](CN(C)CC2CC2)Oc2ccc(NS(C)(=O)=O)cc2C1=O. The lowest BCUT2D eigenvalue weighted by atomic mass is 9.99.